The van der Waals surface area contributed by atoms with Crippen LogP contribution in [0.15, 0.2) is 18.2 Å². The lowest BCUT2D eigenvalue weighted by Crippen LogP contribution is -2.22. The van der Waals surface area contributed by atoms with Gasteiger partial charge in [0.1, 0.15) is 0 Å². The highest BCUT2D eigenvalue weighted by Crippen LogP contribution is 2.23. The highest BCUT2D eigenvalue weighted by atomic mass is 35.5. The number of nitrogens with two attached hydrogens (primary N) is 1. The van der Waals surface area contributed by atoms with E-state index in [0.29, 0.717) is 11.1 Å². The van der Waals surface area contributed by atoms with Gasteiger partial charge in [-0.05, 0) is 43.9 Å². The van der Waals surface area contributed by atoms with E-state index in [4.69, 9.17) is 22.1 Å². The molecule has 1 aromatic carbocycles. The van der Waals surface area contributed by atoms with Gasteiger partial charge in [-0.25, -0.2) is 0 Å². The summed E-state index contributed by atoms with van der Waals surface area (Å²) in [7, 11) is 0. The first-order chi connectivity index (χ1) is 8.25. The summed E-state index contributed by atoms with van der Waals surface area (Å²) in [5.41, 5.74) is 7.50. The maximum atomic E-state index is 5.92. The fraction of sp³-hybridized carbons (Fsp3) is 0.538. The summed E-state index contributed by atoms with van der Waals surface area (Å²) in [6, 6.07) is 5.48. The normalized spacial score (nSPS) is 20.2. The Balaban J connectivity index is 1.79. The molecular formula is C13H19ClN2O. The summed E-state index contributed by atoms with van der Waals surface area (Å²) in [4.78, 5) is 0. The van der Waals surface area contributed by atoms with Gasteiger partial charge in [-0.1, -0.05) is 11.6 Å². The molecule has 94 valence electrons. The number of halogens is 1. The second-order valence-electron chi connectivity index (χ2n) is 4.44. The number of ether oxygens (including phenoxy) is 1. The van der Waals surface area contributed by atoms with Gasteiger partial charge in [0, 0.05) is 18.2 Å². The molecule has 0 saturated carbocycles. The quantitative estimate of drug-likeness (QED) is 0.811. The SMILES string of the molecule is Nc1ccc(Cl)cc1NCCC1CCCCO1. The molecule has 17 heavy (non-hydrogen) atoms. The second kappa shape index (κ2) is 6.12. The van der Waals surface area contributed by atoms with Crippen molar-refractivity contribution in [2.75, 3.05) is 24.2 Å². The lowest BCUT2D eigenvalue weighted by atomic mass is 10.1. The molecule has 1 heterocycles. The van der Waals surface area contributed by atoms with E-state index in [1.807, 2.05) is 12.1 Å². The highest BCUT2D eigenvalue weighted by Gasteiger charge is 2.13. The van der Waals surface area contributed by atoms with Crippen LogP contribution in [-0.4, -0.2) is 19.3 Å². The maximum absolute atomic E-state index is 5.92. The van der Waals surface area contributed by atoms with Crippen LogP contribution in [0.4, 0.5) is 11.4 Å². The number of nitrogen functional groups attached to an aromatic ring is 1. The highest BCUT2D eigenvalue weighted by molar-refractivity contribution is 6.31. The Hall–Kier alpha value is -0.930. The lowest BCUT2D eigenvalue weighted by Gasteiger charge is -2.22. The van der Waals surface area contributed by atoms with Gasteiger partial charge in [-0.2, -0.15) is 0 Å². The second-order valence-corrected chi connectivity index (χ2v) is 4.87. The van der Waals surface area contributed by atoms with Crippen LogP contribution in [0.2, 0.25) is 5.02 Å². The average molecular weight is 255 g/mol. The van der Waals surface area contributed by atoms with Crippen LogP contribution in [-0.2, 0) is 4.74 Å². The Labute approximate surface area is 107 Å². The third-order valence-electron chi connectivity index (χ3n) is 3.07. The number of hydrogen-bond donors (Lipinski definition) is 2. The maximum Gasteiger partial charge on any atom is 0.0591 e. The third-order valence-corrected chi connectivity index (χ3v) is 3.31. The minimum atomic E-state index is 0.400. The number of anilines is 2. The molecule has 0 bridgehead atoms. The van der Waals surface area contributed by atoms with E-state index in [2.05, 4.69) is 5.32 Å². The van der Waals surface area contributed by atoms with E-state index in [0.717, 1.165) is 30.9 Å². The van der Waals surface area contributed by atoms with Crippen molar-refractivity contribution < 1.29 is 4.74 Å². The van der Waals surface area contributed by atoms with Crippen molar-refractivity contribution in [1.29, 1.82) is 0 Å². The first kappa shape index (κ1) is 12.5. The molecule has 4 heteroatoms. The molecule has 1 aliphatic heterocycles. The van der Waals surface area contributed by atoms with Crippen molar-refractivity contribution in [3.05, 3.63) is 23.2 Å². The van der Waals surface area contributed by atoms with Gasteiger partial charge in [0.05, 0.1) is 17.5 Å². The van der Waals surface area contributed by atoms with Crippen molar-refractivity contribution in [2.24, 2.45) is 0 Å². The zero-order valence-electron chi connectivity index (χ0n) is 9.92. The number of benzene rings is 1. The van der Waals surface area contributed by atoms with E-state index in [1.165, 1.54) is 19.3 Å². The summed E-state index contributed by atoms with van der Waals surface area (Å²) in [5.74, 6) is 0. The Morgan fingerprint density at radius 3 is 3.06 bits per heavy atom. The van der Waals surface area contributed by atoms with Crippen LogP contribution in [0.3, 0.4) is 0 Å². The number of nitrogens with one attached hydrogen (secondary N) is 1. The van der Waals surface area contributed by atoms with E-state index in [1.54, 1.807) is 6.07 Å². The molecular weight excluding hydrogens is 236 g/mol. The molecule has 0 radical (unpaired) electrons. The molecule has 1 fully saturated rings. The average Bonchev–Trinajstić information content (AvgIpc) is 2.35. The van der Waals surface area contributed by atoms with Crippen LogP contribution in [0.5, 0.6) is 0 Å². The fourth-order valence-corrected chi connectivity index (χ4v) is 2.26. The number of hydrogen-bond acceptors (Lipinski definition) is 3. The molecule has 1 unspecified atom stereocenters. The monoisotopic (exact) mass is 254 g/mol. The van der Waals surface area contributed by atoms with Gasteiger partial charge in [0.25, 0.3) is 0 Å². The first-order valence-electron chi connectivity index (χ1n) is 6.16. The zero-order chi connectivity index (χ0) is 12.1. The van der Waals surface area contributed by atoms with E-state index in [-0.39, 0.29) is 0 Å². The zero-order valence-corrected chi connectivity index (χ0v) is 10.7. The van der Waals surface area contributed by atoms with Crippen molar-refractivity contribution in [1.82, 2.24) is 0 Å². The molecule has 0 aliphatic carbocycles. The Kier molecular flexibility index (Phi) is 4.51. The van der Waals surface area contributed by atoms with Gasteiger partial charge < -0.3 is 15.8 Å². The number of rotatable bonds is 4. The molecule has 1 aromatic rings. The summed E-state index contributed by atoms with van der Waals surface area (Å²) in [5, 5.41) is 4.02. The van der Waals surface area contributed by atoms with Gasteiger partial charge in [-0.3, -0.25) is 0 Å². The molecule has 0 spiro atoms. The van der Waals surface area contributed by atoms with Crippen molar-refractivity contribution in [3.63, 3.8) is 0 Å². The van der Waals surface area contributed by atoms with Crippen molar-refractivity contribution in [3.8, 4) is 0 Å². The van der Waals surface area contributed by atoms with Gasteiger partial charge >= 0.3 is 0 Å². The van der Waals surface area contributed by atoms with Gasteiger partial charge in [0.2, 0.25) is 0 Å². The lowest BCUT2D eigenvalue weighted by molar-refractivity contribution is 0.0134. The Bertz CT molecular complexity index is 364. The Morgan fingerprint density at radius 2 is 2.29 bits per heavy atom. The van der Waals surface area contributed by atoms with Gasteiger partial charge in [-0.15, -0.1) is 0 Å². The summed E-state index contributed by atoms with van der Waals surface area (Å²) >= 11 is 5.92. The summed E-state index contributed by atoms with van der Waals surface area (Å²) in [6.07, 6.45) is 5.07. The van der Waals surface area contributed by atoms with Crippen LogP contribution in [0.25, 0.3) is 0 Å². The van der Waals surface area contributed by atoms with Crippen molar-refractivity contribution >= 4 is 23.0 Å². The standard InChI is InChI=1S/C13H19ClN2O/c14-10-4-5-12(15)13(9-10)16-7-6-11-3-1-2-8-17-11/h4-5,9,11,16H,1-3,6-8,15H2. The van der Waals surface area contributed by atoms with Crippen LogP contribution in [0.1, 0.15) is 25.7 Å². The molecule has 0 aromatic heterocycles. The fourth-order valence-electron chi connectivity index (χ4n) is 2.08. The largest absolute Gasteiger partial charge is 0.397 e. The Morgan fingerprint density at radius 1 is 1.41 bits per heavy atom. The first-order valence-corrected chi connectivity index (χ1v) is 6.54. The predicted molar refractivity (Wildman–Crippen MR) is 72.6 cm³/mol. The van der Waals surface area contributed by atoms with Crippen molar-refractivity contribution in [2.45, 2.75) is 31.8 Å². The molecule has 2 rings (SSSR count). The summed E-state index contributed by atoms with van der Waals surface area (Å²) < 4.78 is 5.67. The summed E-state index contributed by atoms with van der Waals surface area (Å²) in [6.45, 7) is 1.78. The molecule has 1 aliphatic rings. The van der Waals surface area contributed by atoms with Gasteiger partial charge in [0.15, 0.2) is 0 Å². The van der Waals surface area contributed by atoms with Crippen LogP contribution in [0, 0.1) is 0 Å². The molecule has 0 amide bonds. The topological polar surface area (TPSA) is 47.3 Å². The molecule has 1 atom stereocenters. The van der Waals surface area contributed by atoms with E-state index >= 15 is 0 Å². The third kappa shape index (κ3) is 3.79. The molecule has 3 N–H and O–H groups in total. The smallest absolute Gasteiger partial charge is 0.0591 e. The van der Waals surface area contributed by atoms with Crippen LogP contribution < -0.4 is 11.1 Å². The minimum absolute atomic E-state index is 0.400. The van der Waals surface area contributed by atoms with E-state index in [9.17, 15) is 0 Å². The minimum Gasteiger partial charge on any atom is -0.397 e. The van der Waals surface area contributed by atoms with E-state index < -0.39 is 0 Å². The molecule has 3 nitrogen and oxygen atoms in total. The van der Waals surface area contributed by atoms with Crippen LogP contribution >= 0.6 is 11.6 Å². The predicted octanol–water partition coefficient (Wildman–Crippen LogP) is 3.29. The molecule has 1 saturated heterocycles.